The Morgan fingerprint density at radius 2 is 2.05 bits per heavy atom. The van der Waals surface area contributed by atoms with Crippen molar-refractivity contribution in [3.05, 3.63) is 47.2 Å². The number of halogens is 1. The Hall–Kier alpha value is -2.27. The Morgan fingerprint density at radius 1 is 1.30 bits per heavy atom. The molecule has 1 heterocycles. The second-order valence-corrected chi connectivity index (χ2v) is 4.87. The van der Waals surface area contributed by atoms with Crippen molar-refractivity contribution in [1.29, 1.82) is 0 Å². The maximum Gasteiger partial charge on any atom is 0.274 e. The molecule has 1 aromatic carbocycles. The molecule has 0 fully saturated rings. The molecule has 0 saturated heterocycles. The number of carbonyl (C=O) groups excluding carboxylic acids is 1. The number of para-hydroxylation sites is 1. The fourth-order valence-electron chi connectivity index (χ4n) is 1.80. The van der Waals surface area contributed by atoms with E-state index in [1.54, 1.807) is 30.3 Å². The molecular weight excluding hydrogens is 276 g/mol. The second kappa shape index (κ2) is 5.79. The zero-order chi connectivity index (χ0) is 14.7. The monoisotopic (exact) mass is 290 g/mol. The highest BCUT2D eigenvalue weighted by Gasteiger charge is 2.13. The number of nitrogen functional groups attached to an aromatic ring is 1. The van der Waals surface area contributed by atoms with Crippen LogP contribution in [-0.4, -0.2) is 25.0 Å². The number of rotatable bonds is 3. The van der Waals surface area contributed by atoms with Gasteiger partial charge in [0.2, 0.25) is 0 Å². The molecule has 0 bridgehead atoms. The number of carbonyl (C=O) groups is 1. The third-order valence-corrected chi connectivity index (χ3v) is 3.01. The molecular formula is C14H15ClN4O. The van der Waals surface area contributed by atoms with E-state index in [1.165, 1.54) is 6.20 Å². The minimum atomic E-state index is -0.310. The van der Waals surface area contributed by atoms with Crippen LogP contribution in [0.5, 0.6) is 0 Å². The van der Waals surface area contributed by atoms with Gasteiger partial charge in [0.05, 0.1) is 28.3 Å². The molecule has 0 radical (unpaired) electrons. The number of nitrogens with two attached hydrogens (primary N) is 1. The molecule has 0 atom stereocenters. The number of amides is 1. The Morgan fingerprint density at radius 3 is 2.65 bits per heavy atom. The van der Waals surface area contributed by atoms with Gasteiger partial charge < -0.3 is 16.0 Å². The summed E-state index contributed by atoms with van der Waals surface area (Å²) in [5.41, 5.74) is 7.73. The largest absolute Gasteiger partial charge is 0.397 e. The van der Waals surface area contributed by atoms with Crippen molar-refractivity contribution in [2.75, 3.05) is 30.0 Å². The third kappa shape index (κ3) is 3.00. The fraction of sp³-hybridized carbons (Fsp3) is 0.143. The topological polar surface area (TPSA) is 71.2 Å². The highest BCUT2D eigenvalue weighted by atomic mass is 35.5. The molecule has 1 amide bonds. The van der Waals surface area contributed by atoms with E-state index in [0.29, 0.717) is 22.1 Å². The maximum atomic E-state index is 12.1. The average molecular weight is 291 g/mol. The summed E-state index contributed by atoms with van der Waals surface area (Å²) in [6, 6.07) is 8.54. The minimum absolute atomic E-state index is 0.295. The lowest BCUT2D eigenvalue weighted by Gasteiger charge is -2.19. The van der Waals surface area contributed by atoms with Crippen LogP contribution < -0.4 is 16.0 Å². The molecule has 0 aliphatic carbocycles. The lowest BCUT2D eigenvalue weighted by atomic mass is 10.2. The van der Waals surface area contributed by atoms with E-state index in [0.717, 1.165) is 5.69 Å². The van der Waals surface area contributed by atoms with Gasteiger partial charge in [-0.3, -0.25) is 4.79 Å². The first-order valence-electron chi connectivity index (χ1n) is 5.97. The van der Waals surface area contributed by atoms with Gasteiger partial charge >= 0.3 is 0 Å². The molecule has 0 unspecified atom stereocenters. The van der Waals surface area contributed by atoms with Crippen molar-refractivity contribution in [2.45, 2.75) is 0 Å². The number of anilines is 3. The predicted molar refractivity (Wildman–Crippen MR) is 82.4 cm³/mol. The predicted octanol–water partition coefficient (Wildman–Crippen LogP) is 2.64. The summed E-state index contributed by atoms with van der Waals surface area (Å²) in [5, 5.41) is 3.37. The summed E-state index contributed by atoms with van der Waals surface area (Å²) in [6.07, 6.45) is 1.44. The molecule has 2 rings (SSSR count). The van der Waals surface area contributed by atoms with E-state index >= 15 is 0 Å². The number of benzene rings is 1. The number of nitrogens with zero attached hydrogens (tertiary/aromatic N) is 2. The zero-order valence-corrected chi connectivity index (χ0v) is 12.0. The molecule has 0 spiro atoms. The SMILES string of the molecule is CN(C)c1c(Cl)cccc1NC(=O)c1ccc(N)cn1. The van der Waals surface area contributed by atoms with Crippen molar-refractivity contribution >= 4 is 34.6 Å². The first-order chi connectivity index (χ1) is 9.49. The summed E-state index contributed by atoms with van der Waals surface area (Å²) in [5.74, 6) is -0.310. The summed E-state index contributed by atoms with van der Waals surface area (Å²) < 4.78 is 0. The maximum absolute atomic E-state index is 12.1. The van der Waals surface area contributed by atoms with Gasteiger partial charge in [0.15, 0.2) is 0 Å². The smallest absolute Gasteiger partial charge is 0.274 e. The normalized spacial score (nSPS) is 10.2. The fourth-order valence-corrected chi connectivity index (χ4v) is 2.14. The quantitative estimate of drug-likeness (QED) is 0.911. The van der Waals surface area contributed by atoms with Gasteiger partial charge in [-0.2, -0.15) is 0 Å². The van der Waals surface area contributed by atoms with Gasteiger partial charge in [0.25, 0.3) is 5.91 Å². The Balaban J connectivity index is 2.28. The van der Waals surface area contributed by atoms with Crippen LogP contribution in [0.4, 0.5) is 17.1 Å². The molecule has 2 aromatic rings. The lowest BCUT2D eigenvalue weighted by molar-refractivity contribution is 0.102. The first kappa shape index (κ1) is 14.1. The van der Waals surface area contributed by atoms with Crippen molar-refractivity contribution in [3.8, 4) is 0 Å². The zero-order valence-electron chi connectivity index (χ0n) is 11.2. The highest BCUT2D eigenvalue weighted by Crippen LogP contribution is 2.32. The highest BCUT2D eigenvalue weighted by molar-refractivity contribution is 6.34. The number of pyridine rings is 1. The minimum Gasteiger partial charge on any atom is -0.397 e. The van der Waals surface area contributed by atoms with Gasteiger partial charge in [0, 0.05) is 14.1 Å². The van der Waals surface area contributed by atoms with E-state index in [-0.39, 0.29) is 5.91 Å². The van der Waals surface area contributed by atoms with Crippen molar-refractivity contribution in [1.82, 2.24) is 4.98 Å². The molecule has 0 saturated carbocycles. The third-order valence-electron chi connectivity index (χ3n) is 2.70. The molecule has 20 heavy (non-hydrogen) atoms. The van der Waals surface area contributed by atoms with Crippen LogP contribution in [0.15, 0.2) is 36.5 Å². The van der Waals surface area contributed by atoms with E-state index in [9.17, 15) is 4.79 Å². The van der Waals surface area contributed by atoms with Crippen LogP contribution in [0.1, 0.15) is 10.5 Å². The lowest BCUT2D eigenvalue weighted by Crippen LogP contribution is -2.18. The van der Waals surface area contributed by atoms with Gasteiger partial charge in [0.1, 0.15) is 5.69 Å². The number of hydrogen-bond acceptors (Lipinski definition) is 4. The number of nitrogens with one attached hydrogen (secondary N) is 1. The standard InChI is InChI=1S/C14H15ClN4O/c1-19(2)13-10(15)4-3-5-11(13)18-14(20)12-7-6-9(16)8-17-12/h3-8H,16H2,1-2H3,(H,18,20). The summed E-state index contributed by atoms with van der Waals surface area (Å²) in [6.45, 7) is 0. The van der Waals surface area contributed by atoms with Crippen LogP contribution in [0.3, 0.4) is 0 Å². The van der Waals surface area contributed by atoms with Gasteiger partial charge in [-0.25, -0.2) is 4.98 Å². The van der Waals surface area contributed by atoms with Crippen molar-refractivity contribution in [2.24, 2.45) is 0 Å². The van der Waals surface area contributed by atoms with Gasteiger partial charge in [-0.15, -0.1) is 0 Å². The van der Waals surface area contributed by atoms with Crippen LogP contribution in [0.25, 0.3) is 0 Å². The van der Waals surface area contributed by atoms with Crippen molar-refractivity contribution in [3.63, 3.8) is 0 Å². The molecule has 0 aliphatic heterocycles. The molecule has 3 N–H and O–H groups in total. The van der Waals surface area contributed by atoms with E-state index in [1.807, 2.05) is 19.0 Å². The van der Waals surface area contributed by atoms with E-state index < -0.39 is 0 Å². The molecule has 104 valence electrons. The Kier molecular flexibility index (Phi) is 4.10. The molecule has 5 nitrogen and oxygen atoms in total. The van der Waals surface area contributed by atoms with E-state index in [2.05, 4.69) is 10.3 Å². The molecule has 6 heteroatoms. The Labute approximate surface area is 122 Å². The van der Waals surface area contributed by atoms with Crippen molar-refractivity contribution < 1.29 is 4.79 Å². The number of aromatic nitrogens is 1. The Bertz CT molecular complexity index is 626. The molecule has 0 aliphatic rings. The summed E-state index contributed by atoms with van der Waals surface area (Å²) >= 11 is 6.15. The van der Waals surface area contributed by atoms with E-state index in [4.69, 9.17) is 17.3 Å². The summed E-state index contributed by atoms with van der Waals surface area (Å²) in [4.78, 5) is 18.0. The van der Waals surface area contributed by atoms with Gasteiger partial charge in [-0.05, 0) is 24.3 Å². The second-order valence-electron chi connectivity index (χ2n) is 4.46. The van der Waals surface area contributed by atoms with Gasteiger partial charge in [-0.1, -0.05) is 17.7 Å². The van der Waals surface area contributed by atoms with Crippen LogP contribution >= 0.6 is 11.6 Å². The summed E-state index contributed by atoms with van der Waals surface area (Å²) in [7, 11) is 3.72. The molecule has 1 aromatic heterocycles. The first-order valence-corrected chi connectivity index (χ1v) is 6.35. The number of hydrogen-bond donors (Lipinski definition) is 2. The van der Waals surface area contributed by atoms with Crippen LogP contribution in [0.2, 0.25) is 5.02 Å². The van der Waals surface area contributed by atoms with Crippen LogP contribution in [-0.2, 0) is 0 Å². The average Bonchev–Trinajstić information content (AvgIpc) is 2.39. The van der Waals surface area contributed by atoms with Crippen LogP contribution in [0, 0.1) is 0 Å².